The summed E-state index contributed by atoms with van der Waals surface area (Å²) in [4.78, 5) is 0. The lowest BCUT2D eigenvalue weighted by Gasteiger charge is -2.21. The molecule has 0 fully saturated rings. The first-order valence-corrected chi connectivity index (χ1v) is 3.86. The average Bonchev–Trinajstić information content (AvgIpc) is 2.11. The first kappa shape index (κ1) is 11.0. The minimum Gasteiger partial charge on any atom is -0.379 e. The zero-order chi connectivity index (χ0) is 9.45. The van der Waals surface area contributed by atoms with Gasteiger partial charge < -0.3 is 4.74 Å². The number of rotatable bonds is 5. The molecule has 0 spiro atoms. The molecule has 0 radical (unpaired) electrons. The van der Waals surface area contributed by atoms with E-state index in [2.05, 4.69) is 17.3 Å². The fraction of sp³-hybridized carbons (Fsp3) is 0.667. The lowest BCUT2D eigenvalue weighted by Crippen LogP contribution is -2.45. The maximum atomic E-state index is 8.78. The van der Waals surface area contributed by atoms with Crippen LogP contribution >= 0.6 is 0 Å². The van der Waals surface area contributed by atoms with E-state index >= 15 is 0 Å². The molecule has 0 aliphatic heterocycles. The van der Waals surface area contributed by atoms with E-state index in [0.29, 0.717) is 19.8 Å². The second-order valence-electron chi connectivity index (χ2n) is 2.64. The molecule has 0 aliphatic carbocycles. The van der Waals surface area contributed by atoms with Crippen molar-refractivity contribution < 1.29 is 4.74 Å². The standard InChI is InChI=1S/C9H14N2O/c1-4-6-11-9(3,7-10)8-12-5-2/h1,11H,5-6,8H2,2-3H3. The largest absolute Gasteiger partial charge is 0.379 e. The van der Waals surface area contributed by atoms with Gasteiger partial charge in [0, 0.05) is 6.61 Å². The van der Waals surface area contributed by atoms with Gasteiger partial charge in [-0.15, -0.1) is 6.42 Å². The highest BCUT2D eigenvalue weighted by atomic mass is 16.5. The van der Waals surface area contributed by atoms with E-state index in [4.69, 9.17) is 16.4 Å². The predicted octanol–water partition coefficient (Wildman–Crippen LogP) is 0.528. The molecule has 0 saturated heterocycles. The van der Waals surface area contributed by atoms with Crippen LogP contribution in [0.4, 0.5) is 0 Å². The molecule has 12 heavy (non-hydrogen) atoms. The van der Waals surface area contributed by atoms with Gasteiger partial charge in [-0.2, -0.15) is 5.26 Å². The Kier molecular flexibility index (Phi) is 5.12. The van der Waals surface area contributed by atoms with E-state index in [0.717, 1.165) is 0 Å². The van der Waals surface area contributed by atoms with Gasteiger partial charge in [0.2, 0.25) is 0 Å². The van der Waals surface area contributed by atoms with Gasteiger partial charge in [0.25, 0.3) is 0 Å². The molecule has 0 rings (SSSR count). The molecule has 0 bridgehead atoms. The van der Waals surface area contributed by atoms with Crippen molar-refractivity contribution >= 4 is 0 Å². The topological polar surface area (TPSA) is 45.0 Å². The van der Waals surface area contributed by atoms with Gasteiger partial charge in [0.05, 0.1) is 19.2 Å². The Labute approximate surface area is 73.7 Å². The van der Waals surface area contributed by atoms with Gasteiger partial charge in [-0.05, 0) is 13.8 Å². The van der Waals surface area contributed by atoms with E-state index in [1.807, 2.05) is 6.92 Å². The van der Waals surface area contributed by atoms with Crippen LogP contribution in [0.5, 0.6) is 0 Å². The highest BCUT2D eigenvalue weighted by Crippen LogP contribution is 2.01. The summed E-state index contributed by atoms with van der Waals surface area (Å²) >= 11 is 0. The van der Waals surface area contributed by atoms with Crippen molar-refractivity contribution in [3.63, 3.8) is 0 Å². The van der Waals surface area contributed by atoms with Crippen molar-refractivity contribution in [3.8, 4) is 18.4 Å². The summed E-state index contributed by atoms with van der Waals surface area (Å²) in [5, 5.41) is 11.7. The fourth-order valence-electron chi connectivity index (χ4n) is 0.675. The maximum absolute atomic E-state index is 8.78. The summed E-state index contributed by atoms with van der Waals surface area (Å²) in [7, 11) is 0. The number of nitriles is 1. The number of ether oxygens (including phenoxy) is 1. The third-order valence-corrected chi connectivity index (χ3v) is 1.42. The zero-order valence-electron chi connectivity index (χ0n) is 7.55. The first-order chi connectivity index (χ1) is 5.68. The molecule has 1 unspecified atom stereocenters. The Balaban J connectivity index is 3.91. The quantitative estimate of drug-likeness (QED) is 0.606. The summed E-state index contributed by atoms with van der Waals surface area (Å²) in [5.41, 5.74) is -0.664. The summed E-state index contributed by atoms with van der Waals surface area (Å²) in [5.74, 6) is 2.42. The van der Waals surface area contributed by atoms with Gasteiger partial charge >= 0.3 is 0 Å². The Morgan fingerprint density at radius 2 is 2.33 bits per heavy atom. The Hall–Kier alpha value is -1.03. The molecular formula is C9H14N2O. The Morgan fingerprint density at radius 3 is 2.75 bits per heavy atom. The summed E-state index contributed by atoms with van der Waals surface area (Å²) in [6, 6.07) is 2.12. The van der Waals surface area contributed by atoms with E-state index in [-0.39, 0.29) is 0 Å². The van der Waals surface area contributed by atoms with Gasteiger partial charge in [-0.1, -0.05) is 5.92 Å². The van der Waals surface area contributed by atoms with Crippen molar-refractivity contribution in [2.45, 2.75) is 19.4 Å². The minimum absolute atomic E-state index is 0.363. The minimum atomic E-state index is -0.664. The summed E-state index contributed by atoms with van der Waals surface area (Å²) < 4.78 is 5.13. The van der Waals surface area contributed by atoms with E-state index < -0.39 is 5.54 Å². The van der Waals surface area contributed by atoms with Crippen molar-refractivity contribution in [2.24, 2.45) is 0 Å². The molecule has 3 nitrogen and oxygen atoms in total. The molecule has 0 aromatic heterocycles. The van der Waals surface area contributed by atoms with Gasteiger partial charge in [-0.3, -0.25) is 5.32 Å². The van der Waals surface area contributed by atoms with Crippen LogP contribution in [-0.2, 0) is 4.74 Å². The number of nitrogens with zero attached hydrogens (tertiary/aromatic N) is 1. The van der Waals surface area contributed by atoms with E-state index in [1.54, 1.807) is 6.92 Å². The smallest absolute Gasteiger partial charge is 0.128 e. The summed E-state index contributed by atoms with van der Waals surface area (Å²) in [6.07, 6.45) is 5.06. The van der Waals surface area contributed by atoms with Crippen LogP contribution in [0.15, 0.2) is 0 Å². The molecule has 0 aliphatic rings. The molecule has 1 atom stereocenters. The molecule has 0 aromatic rings. The second kappa shape index (κ2) is 5.60. The second-order valence-corrected chi connectivity index (χ2v) is 2.64. The van der Waals surface area contributed by atoms with Crippen LogP contribution in [0, 0.1) is 23.7 Å². The molecule has 0 saturated carbocycles. The summed E-state index contributed by atoms with van der Waals surface area (Å²) in [6.45, 7) is 5.01. The van der Waals surface area contributed by atoms with Crippen molar-refractivity contribution in [1.82, 2.24) is 5.32 Å². The number of hydrogen-bond acceptors (Lipinski definition) is 3. The Morgan fingerprint density at radius 1 is 1.67 bits per heavy atom. The van der Waals surface area contributed by atoms with Crippen molar-refractivity contribution in [1.29, 1.82) is 5.26 Å². The van der Waals surface area contributed by atoms with Crippen LogP contribution < -0.4 is 5.32 Å². The Bertz CT molecular complexity index is 202. The fourth-order valence-corrected chi connectivity index (χ4v) is 0.675. The van der Waals surface area contributed by atoms with Crippen LogP contribution in [0.3, 0.4) is 0 Å². The molecule has 3 heteroatoms. The van der Waals surface area contributed by atoms with Gasteiger partial charge in [0.15, 0.2) is 0 Å². The molecule has 1 N–H and O–H groups in total. The maximum Gasteiger partial charge on any atom is 0.128 e. The number of terminal acetylenes is 1. The van der Waals surface area contributed by atoms with Crippen LogP contribution in [0.2, 0.25) is 0 Å². The third-order valence-electron chi connectivity index (χ3n) is 1.42. The normalized spacial score (nSPS) is 14.3. The zero-order valence-corrected chi connectivity index (χ0v) is 7.55. The van der Waals surface area contributed by atoms with Crippen LogP contribution in [-0.4, -0.2) is 25.3 Å². The lowest BCUT2D eigenvalue weighted by atomic mass is 10.1. The van der Waals surface area contributed by atoms with Crippen molar-refractivity contribution in [3.05, 3.63) is 0 Å². The van der Waals surface area contributed by atoms with E-state index in [9.17, 15) is 0 Å². The third kappa shape index (κ3) is 3.98. The number of nitrogens with one attached hydrogen (secondary N) is 1. The van der Waals surface area contributed by atoms with E-state index in [1.165, 1.54) is 0 Å². The molecule has 0 amide bonds. The van der Waals surface area contributed by atoms with Gasteiger partial charge in [-0.25, -0.2) is 0 Å². The van der Waals surface area contributed by atoms with Crippen LogP contribution in [0.1, 0.15) is 13.8 Å². The molecule has 0 aromatic carbocycles. The highest BCUT2D eigenvalue weighted by molar-refractivity contribution is 5.06. The predicted molar refractivity (Wildman–Crippen MR) is 47.3 cm³/mol. The molecular weight excluding hydrogens is 152 g/mol. The molecule has 0 heterocycles. The SMILES string of the molecule is C#CCNC(C)(C#N)COCC. The van der Waals surface area contributed by atoms with Crippen LogP contribution in [0.25, 0.3) is 0 Å². The van der Waals surface area contributed by atoms with Gasteiger partial charge in [0.1, 0.15) is 5.54 Å². The molecule has 66 valence electrons. The average molecular weight is 166 g/mol. The number of hydrogen-bond donors (Lipinski definition) is 1. The monoisotopic (exact) mass is 166 g/mol. The van der Waals surface area contributed by atoms with Crippen molar-refractivity contribution in [2.75, 3.05) is 19.8 Å². The highest BCUT2D eigenvalue weighted by Gasteiger charge is 2.22. The first-order valence-electron chi connectivity index (χ1n) is 3.86. The lowest BCUT2D eigenvalue weighted by molar-refractivity contribution is 0.107.